The minimum atomic E-state index is 0.645. The normalized spacial score (nSPS) is 11.2. The first kappa shape index (κ1) is 15.1. The summed E-state index contributed by atoms with van der Waals surface area (Å²) in [6, 6.07) is 6.19. The van der Waals surface area contributed by atoms with Crippen molar-refractivity contribution in [3.8, 4) is 5.69 Å². The molecule has 20 heavy (non-hydrogen) atoms. The standard InChI is InChI=1S/C16H22ClN3/c1-4-16-19-7-8-20(16)14-6-5-13(15(17)9-14)11-18-10-12(2)3/h5-9,12,18H,4,10-11H2,1-3H3. The minimum Gasteiger partial charge on any atom is -0.312 e. The molecule has 0 spiro atoms. The van der Waals surface area contributed by atoms with E-state index in [0.717, 1.165) is 41.6 Å². The van der Waals surface area contributed by atoms with Gasteiger partial charge in [-0.25, -0.2) is 4.98 Å². The summed E-state index contributed by atoms with van der Waals surface area (Å²) in [5.74, 6) is 1.69. The predicted octanol–water partition coefficient (Wildman–Crippen LogP) is 3.83. The van der Waals surface area contributed by atoms with Crippen LogP contribution in [0.2, 0.25) is 5.02 Å². The van der Waals surface area contributed by atoms with Gasteiger partial charge in [-0.3, -0.25) is 0 Å². The van der Waals surface area contributed by atoms with E-state index in [1.54, 1.807) is 0 Å². The summed E-state index contributed by atoms with van der Waals surface area (Å²) in [7, 11) is 0. The number of hydrogen-bond acceptors (Lipinski definition) is 2. The van der Waals surface area contributed by atoms with Crippen LogP contribution in [0.1, 0.15) is 32.2 Å². The van der Waals surface area contributed by atoms with E-state index in [4.69, 9.17) is 11.6 Å². The van der Waals surface area contributed by atoms with Crippen molar-refractivity contribution < 1.29 is 0 Å². The van der Waals surface area contributed by atoms with Crippen molar-refractivity contribution in [2.24, 2.45) is 5.92 Å². The molecule has 1 aromatic heterocycles. The molecule has 1 N–H and O–H groups in total. The maximum Gasteiger partial charge on any atom is 0.112 e. The van der Waals surface area contributed by atoms with E-state index in [-0.39, 0.29) is 0 Å². The van der Waals surface area contributed by atoms with Crippen molar-refractivity contribution in [2.45, 2.75) is 33.7 Å². The molecule has 0 aliphatic heterocycles. The summed E-state index contributed by atoms with van der Waals surface area (Å²) in [4.78, 5) is 4.34. The smallest absolute Gasteiger partial charge is 0.112 e. The highest BCUT2D eigenvalue weighted by atomic mass is 35.5. The van der Waals surface area contributed by atoms with Gasteiger partial charge in [0.1, 0.15) is 5.82 Å². The predicted molar refractivity (Wildman–Crippen MR) is 84.5 cm³/mol. The number of aryl methyl sites for hydroxylation is 1. The fourth-order valence-electron chi connectivity index (χ4n) is 2.16. The van der Waals surface area contributed by atoms with Gasteiger partial charge >= 0.3 is 0 Å². The van der Waals surface area contributed by atoms with Crippen LogP contribution in [0, 0.1) is 5.92 Å². The molecule has 2 aromatic rings. The summed E-state index contributed by atoms with van der Waals surface area (Å²) in [5, 5.41) is 4.22. The third-order valence-electron chi connectivity index (χ3n) is 3.22. The first-order valence-corrected chi connectivity index (χ1v) is 7.51. The molecule has 0 radical (unpaired) electrons. The average Bonchev–Trinajstić information content (AvgIpc) is 2.88. The van der Waals surface area contributed by atoms with Crippen LogP contribution >= 0.6 is 11.6 Å². The van der Waals surface area contributed by atoms with Gasteiger partial charge in [0.2, 0.25) is 0 Å². The molecular weight excluding hydrogens is 270 g/mol. The summed E-state index contributed by atoms with van der Waals surface area (Å²) in [6.45, 7) is 8.30. The highest BCUT2D eigenvalue weighted by Gasteiger charge is 2.06. The fourth-order valence-corrected chi connectivity index (χ4v) is 2.40. The molecule has 1 aromatic carbocycles. The van der Waals surface area contributed by atoms with Crippen molar-refractivity contribution in [3.63, 3.8) is 0 Å². The third kappa shape index (κ3) is 3.62. The Morgan fingerprint density at radius 2 is 2.15 bits per heavy atom. The SMILES string of the molecule is CCc1nccn1-c1ccc(CNCC(C)C)c(Cl)c1. The minimum absolute atomic E-state index is 0.645. The number of halogens is 1. The molecule has 0 saturated heterocycles. The van der Waals surface area contributed by atoms with Crippen LogP contribution in [0.5, 0.6) is 0 Å². The second kappa shape index (κ2) is 6.91. The Hall–Kier alpha value is -1.32. The maximum atomic E-state index is 6.38. The number of nitrogens with one attached hydrogen (secondary N) is 1. The Balaban J connectivity index is 2.13. The van der Waals surface area contributed by atoms with Crippen LogP contribution in [0.25, 0.3) is 5.69 Å². The van der Waals surface area contributed by atoms with E-state index >= 15 is 0 Å². The van der Waals surface area contributed by atoms with Crippen molar-refractivity contribution in [3.05, 3.63) is 47.0 Å². The molecule has 0 bridgehead atoms. The van der Waals surface area contributed by atoms with E-state index in [1.165, 1.54) is 0 Å². The molecule has 108 valence electrons. The van der Waals surface area contributed by atoms with Crippen molar-refractivity contribution in [1.29, 1.82) is 0 Å². The highest BCUT2D eigenvalue weighted by Crippen LogP contribution is 2.21. The number of imidazole rings is 1. The monoisotopic (exact) mass is 291 g/mol. The van der Waals surface area contributed by atoms with Crippen LogP contribution in [-0.4, -0.2) is 16.1 Å². The molecule has 4 heteroatoms. The molecule has 0 unspecified atom stereocenters. The molecule has 1 heterocycles. The maximum absolute atomic E-state index is 6.38. The lowest BCUT2D eigenvalue weighted by Crippen LogP contribution is -2.19. The Morgan fingerprint density at radius 1 is 1.35 bits per heavy atom. The Labute approximate surface area is 126 Å². The lowest BCUT2D eigenvalue weighted by molar-refractivity contribution is 0.552. The second-order valence-corrected chi connectivity index (χ2v) is 5.77. The Bertz CT molecular complexity index is 561. The summed E-state index contributed by atoms with van der Waals surface area (Å²) in [6.07, 6.45) is 4.70. The lowest BCUT2D eigenvalue weighted by Gasteiger charge is -2.11. The molecule has 0 saturated carbocycles. The molecule has 0 aliphatic rings. The molecule has 0 amide bonds. The van der Waals surface area contributed by atoms with Gasteiger partial charge in [-0.15, -0.1) is 0 Å². The molecule has 2 rings (SSSR count). The zero-order valence-corrected chi connectivity index (χ0v) is 13.1. The van der Waals surface area contributed by atoms with Gasteiger partial charge in [0.25, 0.3) is 0 Å². The van der Waals surface area contributed by atoms with Gasteiger partial charge in [-0.05, 0) is 30.2 Å². The quantitative estimate of drug-likeness (QED) is 0.876. The van der Waals surface area contributed by atoms with E-state index in [2.05, 4.69) is 47.8 Å². The second-order valence-electron chi connectivity index (χ2n) is 5.37. The average molecular weight is 292 g/mol. The van der Waals surface area contributed by atoms with Crippen LogP contribution < -0.4 is 5.32 Å². The zero-order valence-electron chi connectivity index (χ0n) is 12.4. The van der Waals surface area contributed by atoms with Gasteiger partial charge in [0.15, 0.2) is 0 Å². The number of benzene rings is 1. The summed E-state index contributed by atoms with van der Waals surface area (Å²) >= 11 is 6.38. The molecule has 0 atom stereocenters. The van der Waals surface area contributed by atoms with Crippen molar-refractivity contribution in [2.75, 3.05) is 6.54 Å². The van der Waals surface area contributed by atoms with Gasteiger partial charge in [0, 0.05) is 36.1 Å². The number of nitrogens with zero attached hydrogens (tertiary/aromatic N) is 2. The number of hydrogen-bond donors (Lipinski definition) is 1. The highest BCUT2D eigenvalue weighted by molar-refractivity contribution is 6.31. The molecule has 3 nitrogen and oxygen atoms in total. The number of aromatic nitrogens is 2. The van der Waals surface area contributed by atoms with E-state index < -0.39 is 0 Å². The van der Waals surface area contributed by atoms with Gasteiger partial charge in [-0.1, -0.05) is 38.4 Å². The molecule has 0 aliphatic carbocycles. The first-order chi connectivity index (χ1) is 9.61. The Kier molecular flexibility index (Phi) is 5.21. The van der Waals surface area contributed by atoms with Crippen LogP contribution in [0.4, 0.5) is 0 Å². The van der Waals surface area contributed by atoms with E-state index in [0.29, 0.717) is 5.92 Å². The summed E-state index contributed by atoms with van der Waals surface area (Å²) < 4.78 is 2.08. The van der Waals surface area contributed by atoms with Crippen molar-refractivity contribution >= 4 is 11.6 Å². The topological polar surface area (TPSA) is 29.9 Å². The van der Waals surface area contributed by atoms with Crippen LogP contribution in [0.15, 0.2) is 30.6 Å². The summed E-state index contributed by atoms with van der Waals surface area (Å²) in [5.41, 5.74) is 2.20. The van der Waals surface area contributed by atoms with Crippen LogP contribution in [0.3, 0.4) is 0 Å². The number of rotatable bonds is 6. The fraction of sp³-hybridized carbons (Fsp3) is 0.438. The third-order valence-corrected chi connectivity index (χ3v) is 3.57. The van der Waals surface area contributed by atoms with Crippen LogP contribution in [-0.2, 0) is 13.0 Å². The molecular formula is C16H22ClN3. The van der Waals surface area contributed by atoms with Crippen molar-refractivity contribution in [1.82, 2.24) is 14.9 Å². The first-order valence-electron chi connectivity index (χ1n) is 7.13. The largest absolute Gasteiger partial charge is 0.312 e. The Morgan fingerprint density at radius 3 is 2.80 bits per heavy atom. The van der Waals surface area contributed by atoms with Gasteiger partial charge < -0.3 is 9.88 Å². The van der Waals surface area contributed by atoms with Gasteiger partial charge in [0.05, 0.1) is 0 Å². The zero-order chi connectivity index (χ0) is 14.5. The van der Waals surface area contributed by atoms with E-state index in [9.17, 15) is 0 Å². The van der Waals surface area contributed by atoms with E-state index in [1.807, 2.05) is 18.5 Å². The molecule has 0 fully saturated rings. The lowest BCUT2D eigenvalue weighted by atomic mass is 10.1. The van der Waals surface area contributed by atoms with Gasteiger partial charge in [-0.2, -0.15) is 0 Å².